The molecule has 4 rings (SSSR count). The van der Waals surface area contributed by atoms with Crippen molar-refractivity contribution in [2.24, 2.45) is 5.41 Å². The minimum absolute atomic E-state index is 0.103. The van der Waals surface area contributed by atoms with Crippen molar-refractivity contribution in [1.82, 2.24) is 9.88 Å². The fourth-order valence-electron chi connectivity index (χ4n) is 4.15. The van der Waals surface area contributed by atoms with Crippen LogP contribution in [-0.4, -0.2) is 39.8 Å². The zero-order valence-electron chi connectivity index (χ0n) is 14.3. The molecule has 0 unspecified atom stereocenters. The molecule has 2 heterocycles. The third-order valence-corrected chi connectivity index (χ3v) is 6.41. The number of thiazole rings is 1. The van der Waals surface area contributed by atoms with Gasteiger partial charge in [-0.05, 0) is 42.9 Å². The molecule has 0 bridgehead atoms. The van der Waals surface area contributed by atoms with Gasteiger partial charge in [0.15, 0.2) is 5.78 Å². The van der Waals surface area contributed by atoms with Crippen LogP contribution in [0.4, 0.5) is 0 Å². The summed E-state index contributed by atoms with van der Waals surface area (Å²) in [5.41, 5.74) is 2.31. The van der Waals surface area contributed by atoms with Crippen LogP contribution in [0.1, 0.15) is 39.2 Å². The Morgan fingerprint density at radius 2 is 2.12 bits per heavy atom. The molecule has 1 spiro atoms. The number of fused-ring (bicyclic) bond motifs is 1. The van der Waals surface area contributed by atoms with E-state index in [9.17, 15) is 14.4 Å². The van der Waals surface area contributed by atoms with E-state index in [0.29, 0.717) is 25.1 Å². The Labute approximate surface area is 154 Å². The van der Waals surface area contributed by atoms with Crippen LogP contribution in [-0.2, 0) is 24.2 Å². The maximum absolute atomic E-state index is 13.1. The molecule has 7 heteroatoms. The largest absolute Gasteiger partial charge is 0.388 e. The molecule has 26 heavy (non-hydrogen) atoms. The highest BCUT2D eigenvalue weighted by atomic mass is 32.1. The molecule has 1 aromatic heterocycles. The number of H-pyrrole nitrogens is 1. The van der Waals surface area contributed by atoms with Crippen LogP contribution >= 0.6 is 11.3 Å². The number of aromatic amines is 1. The van der Waals surface area contributed by atoms with Gasteiger partial charge in [0.05, 0.1) is 12.0 Å². The third-order valence-electron chi connectivity index (χ3n) is 5.60. The number of aromatic nitrogens is 1. The lowest BCUT2D eigenvalue weighted by Crippen LogP contribution is -2.38. The van der Waals surface area contributed by atoms with Gasteiger partial charge in [-0.2, -0.15) is 0 Å². The Morgan fingerprint density at radius 1 is 1.27 bits per heavy atom. The van der Waals surface area contributed by atoms with Crippen LogP contribution in [0.5, 0.6) is 0 Å². The first-order valence-corrected chi connectivity index (χ1v) is 9.55. The average molecular weight is 372 g/mol. The molecule has 0 radical (unpaired) electrons. The highest BCUT2D eigenvalue weighted by Gasteiger charge is 2.48. The number of hydrogen-bond acceptors (Lipinski definition) is 5. The number of amides is 1. The predicted molar refractivity (Wildman–Crippen MR) is 97.3 cm³/mol. The Bertz CT molecular complexity index is 932. The van der Waals surface area contributed by atoms with Gasteiger partial charge in [-0.3, -0.25) is 14.4 Å². The van der Waals surface area contributed by atoms with Crippen LogP contribution in [0.25, 0.3) is 0 Å². The number of aryl methyl sites for hydroxylation is 1. The quantitative estimate of drug-likeness (QED) is 0.796. The second kappa shape index (κ2) is 6.48. The van der Waals surface area contributed by atoms with Crippen molar-refractivity contribution in [3.63, 3.8) is 0 Å². The SMILES string of the molecule is O=C(CO)c1ccc2c(c1)C[C@@]1(CC2)CCN(Cc2c[nH]c(=O)s2)C1=O. The Balaban J connectivity index is 1.56. The number of Topliss-reactive ketones (excluding diaryl/α,β-unsaturated/α-hetero) is 1. The van der Waals surface area contributed by atoms with Gasteiger partial charge in [-0.15, -0.1) is 0 Å². The highest BCUT2D eigenvalue weighted by molar-refractivity contribution is 7.09. The summed E-state index contributed by atoms with van der Waals surface area (Å²) in [7, 11) is 0. The molecule has 6 nitrogen and oxygen atoms in total. The summed E-state index contributed by atoms with van der Waals surface area (Å²) in [4.78, 5) is 41.4. The predicted octanol–water partition coefficient (Wildman–Crippen LogP) is 1.52. The van der Waals surface area contributed by atoms with Crippen LogP contribution in [0.2, 0.25) is 0 Å². The summed E-state index contributed by atoms with van der Waals surface area (Å²) in [6, 6.07) is 5.54. The summed E-state index contributed by atoms with van der Waals surface area (Å²) in [6.45, 7) is 0.658. The molecule has 1 aromatic carbocycles. The first kappa shape index (κ1) is 17.2. The lowest BCUT2D eigenvalue weighted by atomic mass is 9.70. The smallest absolute Gasteiger partial charge is 0.304 e. The van der Waals surface area contributed by atoms with Gasteiger partial charge >= 0.3 is 4.87 Å². The number of rotatable bonds is 4. The molecule has 1 aliphatic carbocycles. The number of ketones is 1. The van der Waals surface area contributed by atoms with Crippen molar-refractivity contribution in [3.05, 3.63) is 55.6 Å². The van der Waals surface area contributed by atoms with Crippen molar-refractivity contribution in [2.45, 2.75) is 32.2 Å². The second-order valence-electron chi connectivity index (χ2n) is 7.14. The van der Waals surface area contributed by atoms with Gasteiger partial charge < -0.3 is 15.0 Å². The van der Waals surface area contributed by atoms with Gasteiger partial charge in [0.2, 0.25) is 5.91 Å². The number of carbonyl (C=O) groups is 2. The number of nitrogens with zero attached hydrogens (tertiary/aromatic N) is 1. The van der Waals surface area contributed by atoms with Gasteiger partial charge in [0, 0.05) is 23.2 Å². The average Bonchev–Trinajstić information content (AvgIpc) is 3.19. The van der Waals surface area contributed by atoms with Gasteiger partial charge in [0.25, 0.3) is 0 Å². The zero-order chi connectivity index (χ0) is 18.3. The summed E-state index contributed by atoms with van der Waals surface area (Å²) in [6.07, 6.45) is 4.73. The first-order chi connectivity index (χ1) is 12.5. The van der Waals surface area contributed by atoms with E-state index in [1.54, 1.807) is 12.3 Å². The molecular formula is C19H20N2O4S. The maximum Gasteiger partial charge on any atom is 0.304 e. The molecule has 1 saturated heterocycles. The van der Waals surface area contributed by atoms with E-state index in [4.69, 9.17) is 5.11 Å². The van der Waals surface area contributed by atoms with Crippen molar-refractivity contribution in [2.75, 3.05) is 13.2 Å². The molecule has 2 aromatic rings. The fourth-order valence-corrected chi connectivity index (χ4v) is 4.84. The number of aliphatic hydroxyl groups excluding tert-OH is 1. The van der Waals surface area contributed by atoms with Crippen LogP contribution in [0.3, 0.4) is 0 Å². The van der Waals surface area contributed by atoms with Crippen molar-refractivity contribution in [3.8, 4) is 0 Å². The summed E-state index contributed by atoms with van der Waals surface area (Å²) >= 11 is 1.14. The van der Waals surface area contributed by atoms with E-state index in [1.165, 1.54) is 5.56 Å². The van der Waals surface area contributed by atoms with Crippen molar-refractivity contribution >= 4 is 23.0 Å². The van der Waals surface area contributed by atoms with Crippen LogP contribution in [0, 0.1) is 5.41 Å². The van der Waals surface area contributed by atoms with Crippen molar-refractivity contribution in [1.29, 1.82) is 0 Å². The van der Waals surface area contributed by atoms with E-state index in [1.807, 2.05) is 17.0 Å². The zero-order valence-corrected chi connectivity index (χ0v) is 15.1. The van der Waals surface area contributed by atoms with Crippen LogP contribution in [0.15, 0.2) is 29.2 Å². The van der Waals surface area contributed by atoms with E-state index in [2.05, 4.69) is 4.98 Å². The second-order valence-corrected chi connectivity index (χ2v) is 8.24. The lowest BCUT2D eigenvalue weighted by molar-refractivity contribution is -0.137. The molecule has 136 valence electrons. The molecular weight excluding hydrogens is 352 g/mol. The lowest BCUT2D eigenvalue weighted by Gasteiger charge is -2.33. The molecule has 2 aliphatic rings. The number of nitrogens with one attached hydrogen (secondary N) is 1. The van der Waals surface area contributed by atoms with Gasteiger partial charge in [0.1, 0.15) is 6.61 Å². The molecule has 1 amide bonds. The number of likely N-dealkylation sites (tertiary alicyclic amines) is 1. The molecule has 1 fully saturated rings. The number of aliphatic hydroxyl groups is 1. The number of hydrogen-bond donors (Lipinski definition) is 2. The van der Waals surface area contributed by atoms with Gasteiger partial charge in [-0.25, -0.2) is 0 Å². The standard InChI is InChI=1S/C19H20N2O4S/c22-11-16(23)13-2-1-12-3-4-19(8-14(12)7-13)5-6-21(17(19)24)10-15-9-20-18(25)26-15/h1-2,7,9,22H,3-6,8,10-11H2,(H,20,25)/t19-/m1/s1. The third kappa shape index (κ3) is 2.91. The van der Waals surface area contributed by atoms with E-state index >= 15 is 0 Å². The summed E-state index contributed by atoms with van der Waals surface area (Å²) in [5, 5.41) is 9.08. The fraction of sp³-hybridized carbons (Fsp3) is 0.421. The number of carbonyl (C=O) groups excluding carboxylic acids is 2. The monoisotopic (exact) mass is 372 g/mol. The molecule has 1 atom stereocenters. The van der Waals surface area contributed by atoms with Crippen molar-refractivity contribution < 1.29 is 14.7 Å². The Morgan fingerprint density at radius 3 is 2.85 bits per heavy atom. The highest BCUT2D eigenvalue weighted by Crippen LogP contribution is 2.44. The van der Waals surface area contributed by atoms with E-state index < -0.39 is 12.0 Å². The minimum atomic E-state index is -0.504. The first-order valence-electron chi connectivity index (χ1n) is 8.73. The van der Waals surface area contributed by atoms with Crippen LogP contribution < -0.4 is 4.87 Å². The number of benzene rings is 1. The molecule has 2 N–H and O–H groups in total. The molecule has 1 aliphatic heterocycles. The topological polar surface area (TPSA) is 90.5 Å². The van der Waals surface area contributed by atoms with E-state index in [0.717, 1.165) is 41.0 Å². The summed E-state index contributed by atoms with van der Waals surface area (Å²) < 4.78 is 0. The minimum Gasteiger partial charge on any atom is -0.388 e. The van der Waals surface area contributed by atoms with E-state index in [-0.39, 0.29) is 16.6 Å². The summed E-state index contributed by atoms with van der Waals surface area (Å²) in [5.74, 6) is -0.156. The Hall–Kier alpha value is -2.25. The maximum atomic E-state index is 13.1. The molecule has 0 saturated carbocycles. The normalized spacial score (nSPS) is 22.0. The van der Waals surface area contributed by atoms with Gasteiger partial charge in [-0.1, -0.05) is 23.5 Å². The Kier molecular flexibility index (Phi) is 4.28.